The van der Waals surface area contributed by atoms with Gasteiger partial charge in [-0.15, -0.1) is 0 Å². The van der Waals surface area contributed by atoms with Crippen LogP contribution in [0.25, 0.3) is 0 Å². The summed E-state index contributed by atoms with van der Waals surface area (Å²) < 4.78 is 0. The van der Waals surface area contributed by atoms with E-state index < -0.39 is 0 Å². The molecule has 0 radical (unpaired) electrons. The Morgan fingerprint density at radius 1 is 0.923 bits per heavy atom. The third-order valence-corrected chi connectivity index (χ3v) is 2.10. The van der Waals surface area contributed by atoms with Crippen molar-refractivity contribution in [1.82, 2.24) is 0 Å². The first kappa shape index (κ1) is 15.8. The number of unbranched alkanes of at least 4 members (excludes halogenated alkanes) is 1. The van der Waals surface area contributed by atoms with Gasteiger partial charge in [-0.1, -0.05) is 53.9 Å². The highest BCUT2D eigenvalue weighted by molar-refractivity contribution is 7.80. The zero-order chi connectivity index (χ0) is 10.7. The van der Waals surface area contributed by atoms with E-state index in [0.717, 1.165) is 17.6 Å². The molecule has 0 bridgehead atoms. The summed E-state index contributed by atoms with van der Waals surface area (Å²) in [6.45, 7) is 11.2. The third kappa shape index (κ3) is 24.5. The van der Waals surface area contributed by atoms with Crippen LogP contribution in [0.1, 0.15) is 60.3 Å². The van der Waals surface area contributed by atoms with Crippen molar-refractivity contribution in [2.24, 2.45) is 11.8 Å². The number of hydrogen-bond donors (Lipinski definition) is 1. The van der Waals surface area contributed by atoms with E-state index in [2.05, 4.69) is 47.2 Å². The van der Waals surface area contributed by atoms with E-state index in [9.17, 15) is 0 Å². The van der Waals surface area contributed by atoms with Crippen LogP contribution < -0.4 is 0 Å². The van der Waals surface area contributed by atoms with Gasteiger partial charge in [-0.05, 0) is 24.0 Å². The van der Waals surface area contributed by atoms with Crippen LogP contribution in [0.3, 0.4) is 0 Å². The first-order valence-electron chi connectivity index (χ1n) is 5.65. The molecule has 0 aliphatic rings. The third-order valence-electron chi connectivity index (χ3n) is 1.84. The van der Waals surface area contributed by atoms with Crippen LogP contribution in [0, 0.1) is 11.8 Å². The predicted molar refractivity (Wildman–Crippen MR) is 67.7 cm³/mol. The van der Waals surface area contributed by atoms with Crippen LogP contribution in [0.5, 0.6) is 0 Å². The van der Waals surface area contributed by atoms with Crippen molar-refractivity contribution < 1.29 is 0 Å². The summed E-state index contributed by atoms with van der Waals surface area (Å²) in [6, 6.07) is 0. The van der Waals surface area contributed by atoms with E-state index in [1.54, 1.807) is 0 Å². The quantitative estimate of drug-likeness (QED) is 0.611. The van der Waals surface area contributed by atoms with Gasteiger partial charge in [-0.2, -0.15) is 12.6 Å². The van der Waals surface area contributed by atoms with E-state index >= 15 is 0 Å². The summed E-state index contributed by atoms with van der Waals surface area (Å²) >= 11 is 4.06. The monoisotopic (exact) mass is 204 g/mol. The minimum absolute atomic E-state index is 0.822. The summed E-state index contributed by atoms with van der Waals surface area (Å²) in [4.78, 5) is 0. The lowest BCUT2D eigenvalue weighted by atomic mass is 10.1. The van der Waals surface area contributed by atoms with Gasteiger partial charge in [-0.25, -0.2) is 0 Å². The molecule has 0 fully saturated rings. The second-order valence-corrected chi connectivity index (χ2v) is 4.89. The smallest absolute Gasteiger partial charge is 0.00955 e. The zero-order valence-corrected chi connectivity index (χ0v) is 11.0. The molecule has 0 saturated heterocycles. The molecule has 0 heterocycles. The molecule has 0 aromatic carbocycles. The molecule has 0 spiro atoms. The minimum atomic E-state index is 0.822. The highest BCUT2D eigenvalue weighted by Crippen LogP contribution is 2.04. The number of rotatable bonds is 5. The van der Waals surface area contributed by atoms with Crippen LogP contribution >= 0.6 is 12.6 Å². The van der Waals surface area contributed by atoms with Crippen molar-refractivity contribution in [1.29, 1.82) is 0 Å². The Morgan fingerprint density at radius 3 is 1.46 bits per heavy atom. The van der Waals surface area contributed by atoms with E-state index in [1.807, 2.05) is 0 Å². The van der Waals surface area contributed by atoms with Crippen LogP contribution in [0.15, 0.2) is 0 Å². The molecule has 0 aliphatic carbocycles. The van der Waals surface area contributed by atoms with Crippen molar-refractivity contribution >= 4 is 12.6 Å². The summed E-state index contributed by atoms with van der Waals surface area (Å²) in [5.41, 5.74) is 0. The Balaban J connectivity index is 0. The van der Waals surface area contributed by atoms with Gasteiger partial charge in [0, 0.05) is 0 Å². The van der Waals surface area contributed by atoms with Gasteiger partial charge in [0.1, 0.15) is 0 Å². The van der Waals surface area contributed by atoms with Crippen molar-refractivity contribution in [3.63, 3.8) is 0 Å². The summed E-state index contributed by atoms with van der Waals surface area (Å²) in [7, 11) is 0. The van der Waals surface area contributed by atoms with Gasteiger partial charge in [-0.3, -0.25) is 0 Å². The summed E-state index contributed by atoms with van der Waals surface area (Å²) in [5.74, 6) is 2.75. The van der Waals surface area contributed by atoms with E-state index in [1.165, 1.54) is 25.7 Å². The lowest BCUT2D eigenvalue weighted by Crippen LogP contribution is -1.85. The second kappa shape index (κ2) is 12.3. The molecule has 13 heavy (non-hydrogen) atoms. The standard InChI is InChI=1S/C7H16.C5H12S/c1-4-5-6-7(2)3;1-5(2)3-4-6/h7H,4-6H2,1-3H3;5-6H,3-4H2,1-2H3. The maximum absolute atomic E-state index is 4.06. The van der Waals surface area contributed by atoms with E-state index in [-0.39, 0.29) is 0 Å². The van der Waals surface area contributed by atoms with Crippen molar-refractivity contribution in [3.05, 3.63) is 0 Å². The molecule has 0 rings (SSSR count). The van der Waals surface area contributed by atoms with Gasteiger partial charge >= 0.3 is 0 Å². The number of hydrogen-bond acceptors (Lipinski definition) is 1. The molecule has 0 unspecified atom stereocenters. The molecule has 0 amide bonds. The lowest BCUT2D eigenvalue weighted by Gasteiger charge is -1.98. The second-order valence-electron chi connectivity index (χ2n) is 4.44. The molecule has 0 saturated carbocycles. The molecule has 0 nitrogen and oxygen atoms in total. The molecule has 0 aliphatic heterocycles. The number of thiol groups is 1. The lowest BCUT2D eigenvalue weighted by molar-refractivity contribution is 0.550. The predicted octanol–water partition coefficient (Wildman–Crippen LogP) is 4.79. The minimum Gasteiger partial charge on any atom is -0.179 e. The average Bonchev–Trinajstić information content (AvgIpc) is 2.01. The molecule has 0 N–H and O–H groups in total. The normalized spacial score (nSPS) is 10.2. The van der Waals surface area contributed by atoms with E-state index in [0.29, 0.717) is 0 Å². The topological polar surface area (TPSA) is 0 Å². The largest absolute Gasteiger partial charge is 0.179 e. The fourth-order valence-electron chi connectivity index (χ4n) is 0.871. The van der Waals surface area contributed by atoms with Crippen LogP contribution in [0.4, 0.5) is 0 Å². The van der Waals surface area contributed by atoms with Crippen molar-refractivity contribution in [3.8, 4) is 0 Å². The maximum Gasteiger partial charge on any atom is -0.00955 e. The Kier molecular flexibility index (Phi) is 15.0. The molecule has 82 valence electrons. The average molecular weight is 204 g/mol. The summed E-state index contributed by atoms with van der Waals surface area (Å²) in [5, 5.41) is 0. The zero-order valence-electron chi connectivity index (χ0n) is 10.1. The van der Waals surface area contributed by atoms with Gasteiger partial charge < -0.3 is 0 Å². The van der Waals surface area contributed by atoms with Crippen LogP contribution in [-0.4, -0.2) is 5.75 Å². The molecule has 1 heteroatoms. The van der Waals surface area contributed by atoms with Gasteiger partial charge in [0.25, 0.3) is 0 Å². The van der Waals surface area contributed by atoms with Gasteiger partial charge in [0.05, 0.1) is 0 Å². The van der Waals surface area contributed by atoms with Crippen molar-refractivity contribution in [2.75, 3.05) is 5.75 Å². The Hall–Kier alpha value is 0.350. The Bertz CT molecular complexity index is 77.2. The van der Waals surface area contributed by atoms with Crippen LogP contribution in [-0.2, 0) is 0 Å². The van der Waals surface area contributed by atoms with Gasteiger partial charge in [0.15, 0.2) is 0 Å². The SMILES string of the molecule is CC(C)CCS.CCCCC(C)C. The van der Waals surface area contributed by atoms with Gasteiger partial charge in [0.2, 0.25) is 0 Å². The summed E-state index contributed by atoms with van der Waals surface area (Å²) in [6.07, 6.45) is 5.38. The Labute approximate surface area is 90.9 Å². The molecular formula is C12H28S. The fourth-order valence-corrected chi connectivity index (χ4v) is 1.39. The maximum atomic E-state index is 4.06. The van der Waals surface area contributed by atoms with E-state index in [4.69, 9.17) is 0 Å². The highest BCUT2D eigenvalue weighted by Gasteiger charge is 1.88. The van der Waals surface area contributed by atoms with Crippen LogP contribution in [0.2, 0.25) is 0 Å². The molecule has 0 aromatic heterocycles. The molecular weight excluding hydrogens is 176 g/mol. The Morgan fingerprint density at radius 2 is 1.38 bits per heavy atom. The first-order valence-corrected chi connectivity index (χ1v) is 6.28. The molecule has 0 aromatic rings. The fraction of sp³-hybridized carbons (Fsp3) is 1.00. The highest BCUT2D eigenvalue weighted by atomic mass is 32.1. The first-order chi connectivity index (χ1) is 6.04. The van der Waals surface area contributed by atoms with Crippen molar-refractivity contribution in [2.45, 2.75) is 60.3 Å². The molecule has 0 atom stereocenters.